The van der Waals surface area contributed by atoms with Crippen LogP contribution < -0.4 is 10.8 Å². The van der Waals surface area contributed by atoms with Crippen LogP contribution in [0.1, 0.15) is 33.1 Å². The number of hydrogen-bond donors (Lipinski definition) is 2. The van der Waals surface area contributed by atoms with Crippen LogP contribution in [0.2, 0.25) is 0 Å². The normalized spacial score (nSPS) is 17.2. The average Bonchev–Trinajstić information content (AvgIpc) is 1.81. The second kappa shape index (κ2) is 4.30. The molecule has 0 saturated heterocycles. The zero-order chi connectivity index (χ0) is 8.97. The summed E-state index contributed by atoms with van der Waals surface area (Å²) in [6, 6.07) is -0.105. The Morgan fingerprint density at radius 3 is 2.58 bits per heavy atom. The van der Waals surface area contributed by atoms with Gasteiger partial charge in [0.05, 0.1) is 6.10 Å². The van der Waals surface area contributed by atoms with Crippen molar-refractivity contribution in [3.63, 3.8) is 0 Å². The highest BCUT2D eigenvalue weighted by atomic mass is 16.7. The van der Waals surface area contributed by atoms with Crippen LogP contribution in [0.15, 0.2) is 0 Å². The summed E-state index contributed by atoms with van der Waals surface area (Å²) in [6.07, 6.45) is 3.56. The van der Waals surface area contributed by atoms with Gasteiger partial charge in [0.25, 0.3) is 0 Å². The van der Waals surface area contributed by atoms with Crippen LogP contribution in [0.3, 0.4) is 0 Å². The summed E-state index contributed by atoms with van der Waals surface area (Å²) < 4.78 is 0. The molecular weight excluding hydrogens is 156 g/mol. The molecule has 1 aliphatic carbocycles. The zero-order valence-corrected chi connectivity index (χ0v) is 7.59. The average molecular weight is 172 g/mol. The first-order valence-electron chi connectivity index (χ1n) is 4.40. The molecule has 0 heterocycles. The van der Waals surface area contributed by atoms with Crippen LogP contribution in [0, 0.1) is 0 Å². The molecule has 0 bridgehead atoms. The predicted octanol–water partition coefficient (Wildman–Crippen LogP) is 1.18. The van der Waals surface area contributed by atoms with Crippen molar-refractivity contribution in [2.45, 2.75) is 45.3 Å². The minimum absolute atomic E-state index is 0.148. The number of nitrogens with one attached hydrogen (secondary N) is 2. The van der Waals surface area contributed by atoms with E-state index in [-0.39, 0.29) is 18.2 Å². The number of hydroxylamine groups is 1. The number of rotatable bonds is 3. The molecule has 0 aromatic rings. The minimum atomic E-state index is -0.253. The van der Waals surface area contributed by atoms with E-state index in [9.17, 15) is 4.79 Å². The Balaban J connectivity index is 2.01. The fraction of sp³-hybridized carbons (Fsp3) is 0.875. The molecule has 1 aliphatic rings. The molecule has 12 heavy (non-hydrogen) atoms. The van der Waals surface area contributed by atoms with Crippen molar-refractivity contribution in [3.05, 3.63) is 0 Å². The van der Waals surface area contributed by atoms with Gasteiger partial charge in [-0.3, -0.25) is 4.84 Å². The Labute approximate surface area is 72.6 Å². The molecule has 1 saturated carbocycles. The van der Waals surface area contributed by atoms with Gasteiger partial charge >= 0.3 is 6.03 Å². The van der Waals surface area contributed by atoms with Crippen LogP contribution in [0.5, 0.6) is 0 Å². The van der Waals surface area contributed by atoms with Crippen LogP contribution in [0.4, 0.5) is 4.79 Å². The summed E-state index contributed by atoms with van der Waals surface area (Å²) in [7, 11) is 0. The summed E-state index contributed by atoms with van der Waals surface area (Å²) >= 11 is 0. The quantitative estimate of drug-likeness (QED) is 0.628. The minimum Gasteiger partial charge on any atom is -0.334 e. The topological polar surface area (TPSA) is 50.4 Å². The molecule has 2 N–H and O–H groups in total. The van der Waals surface area contributed by atoms with Gasteiger partial charge in [0, 0.05) is 6.04 Å². The Morgan fingerprint density at radius 1 is 1.50 bits per heavy atom. The van der Waals surface area contributed by atoms with Crippen molar-refractivity contribution < 1.29 is 9.63 Å². The molecular formula is C8H16N2O2. The van der Waals surface area contributed by atoms with E-state index >= 15 is 0 Å². The molecule has 0 atom stereocenters. The highest BCUT2D eigenvalue weighted by Crippen LogP contribution is 2.20. The molecule has 70 valence electrons. The van der Waals surface area contributed by atoms with Gasteiger partial charge in [0.15, 0.2) is 0 Å². The van der Waals surface area contributed by atoms with Gasteiger partial charge in [-0.25, -0.2) is 10.3 Å². The van der Waals surface area contributed by atoms with E-state index in [0.29, 0.717) is 0 Å². The van der Waals surface area contributed by atoms with Gasteiger partial charge in [-0.2, -0.15) is 0 Å². The fourth-order valence-electron chi connectivity index (χ4n) is 0.917. The second-order valence-electron chi connectivity index (χ2n) is 3.40. The molecule has 4 nitrogen and oxygen atoms in total. The molecule has 1 rings (SSSR count). The first-order chi connectivity index (χ1) is 5.68. The van der Waals surface area contributed by atoms with E-state index < -0.39 is 0 Å². The Hall–Kier alpha value is -0.770. The van der Waals surface area contributed by atoms with E-state index in [4.69, 9.17) is 4.84 Å². The van der Waals surface area contributed by atoms with Crippen LogP contribution in [0.25, 0.3) is 0 Å². The van der Waals surface area contributed by atoms with Crippen LogP contribution in [-0.2, 0) is 4.84 Å². The van der Waals surface area contributed by atoms with Gasteiger partial charge in [0.2, 0.25) is 0 Å². The van der Waals surface area contributed by atoms with E-state index in [2.05, 4.69) is 10.8 Å². The first-order valence-corrected chi connectivity index (χ1v) is 4.40. The summed E-state index contributed by atoms with van der Waals surface area (Å²) in [6.45, 7) is 3.81. The summed E-state index contributed by atoms with van der Waals surface area (Å²) in [5.74, 6) is 0. The van der Waals surface area contributed by atoms with Crippen molar-refractivity contribution in [3.8, 4) is 0 Å². The lowest BCUT2D eigenvalue weighted by Gasteiger charge is -2.24. The van der Waals surface area contributed by atoms with Gasteiger partial charge in [-0.05, 0) is 33.1 Å². The van der Waals surface area contributed by atoms with Crippen molar-refractivity contribution in [2.24, 2.45) is 0 Å². The number of carbonyl (C=O) groups excluding carboxylic acids is 1. The third kappa shape index (κ3) is 3.09. The van der Waals surface area contributed by atoms with E-state index in [1.807, 2.05) is 13.8 Å². The molecule has 2 amide bonds. The maximum atomic E-state index is 11.0. The standard InChI is InChI=1S/C8H16N2O2/c1-6(2)9-8(11)10-12-7-4-3-5-7/h6-7H,3-5H2,1-2H3,(H2,9,10,11). The molecule has 0 radical (unpaired) electrons. The monoisotopic (exact) mass is 172 g/mol. The van der Waals surface area contributed by atoms with Crippen molar-refractivity contribution >= 4 is 6.03 Å². The molecule has 0 aliphatic heterocycles. The smallest absolute Gasteiger partial charge is 0.334 e. The van der Waals surface area contributed by atoms with Gasteiger partial charge < -0.3 is 5.32 Å². The Bertz CT molecular complexity index is 155. The lowest BCUT2D eigenvalue weighted by atomic mass is 9.97. The zero-order valence-electron chi connectivity index (χ0n) is 7.59. The van der Waals surface area contributed by atoms with E-state index in [1.54, 1.807) is 0 Å². The number of carbonyl (C=O) groups is 1. The van der Waals surface area contributed by atoms with E-state index in [1.165, 1.54) is 6.42 Å². The van der Waals surface area contributed by atoms with Gasteiger partial charge in [0.1, 0.15) is 0 Å². The first kappa shape index (κ1) is 9.32. The number of urea groups is 1. The Kier molecular flexibility index (Phi) is 3.34. The fourth-order valence-corrected chi connectivity index (χ4v) is 0.917. The maximum absolute atomic E-state index is 11.0. The third-order valence-corrected chi connectivity index (χ3v) is 1.79. The van der Waals surface area contributed by atoms with Crippen molar-refractivity contribution in [2.75, 3.05) is 0 Å². The third-order valence-electron chi connectivity index (χ3n) is 1.79. The summed E-state index contributed by atoms with van der Waals surface area (Å²) in [5.41, 5.74) is 2.37. The van der Waals surface area contributed by atoms with Crippen LogP contribution >= 0.6 is 0 Å². The van der Waals surface area contributed by atoms with Crippen LogP contribution in [-0.4, -0.2) is 18.2 Å². The van der Waals surface area contributed by atoms with Crippen molar-refractivity contribution in [1.82, 2.24) is 10.8 Å². The lowest BCUT2D eigenvalue weighted by Crippen LogP contribution is -2.42. The molecule has 0 unspecified atom stereocenters. The largest absolute Gasteiger partial charge is 0.338 e. The molecule has 0 aromatic heterocycles. The Morgan fingerprint density at radius 2 is 2.17 bits per heavy atom. The SMILES string of the molecule is CC(C)NC(=O)NOC1CCC1. The maximum Gasteiger partial charge on any atom is 0.338 e. The highest BCUT2D eigenvalue weighted by molar-refractivity contribution is 5.72. The second-order valence-corrected chi connectivity index (χ2v) is 3.40. The number of hydrogen-bond acceptors (Lipinski definition) is 2. The molecule has 0 aromatic carbocycles. The van der Waals surface area contributed by atoms with E-state index in [0.717, 1.165) is 12.8 Å². The summed E-state index contributed by atoms with van der Waals surface area (Å²) in [5, 5.41) is 2.67. The van der Waals surface area contributed by atoms with Crippen molar-refractivity contribution in [1.29, 1.82) is 0 Å². The lowest BCUT2D eigenvalue weighted by molar-refractivity contribution is -0.0446. The molecule has 1 fully saturated rings. The van der Waals surface area contributed by atoms with Gasteiger partial charge in [-0.1, -0.05) is 0 Å². The molecule has 4 heteroatoms. The summed E-state index contributed by atoms with van der Waals surface area (Å²) in [4.78, 5) is 16.0. The molecule has 0 spiro atoms. The number of amides is 2. The predicted molar refractivity (Wildman–Crippen MR) is 45.5 cm³/mol. The highest BCUT2D eigenvalue weighted by Gasteiger charge is 2.19. The van der Waals surface area contributed by atoms with Gasteiger partial charge in [-0.15, -0.1) is 0 Å².